The number of carbonyl (C=O) groups is 2. The van der Waals surface area contributed by atoms with Crippen LogP contribution in [0.2, 0.25) is 0 Å². The SMILES string of the molecule is CCC(C)NC(=O)CCNC(=O)C(CN)CC(C)(C)C. The van der Waals surface area contributed by atoms with Crippen molar-refractivity contribution >= 4 is 11.8 Å². The molecule has 2 atom stereocenters. The standard InChI is InChI=1S/C15H31N3O2/c1-6-11(2)18-13(19)7-8-17-14(20)12(10-16)9-15(3,4)5/h11-12H,6-10,16H2,1-5H3,(H,17,20)(H,18,19). The van der Waals surface area contributed by atoms with Crippen LogP contribution in [0.4, 0.5) is 0 Å². The summed E-state index contributed by atoms with van der Waals surface area (Å²) in [7, 11) is 0. The van der Waals surface area contributed by atoms with Crippen LogP contribution in [0.1, 0.15) is 53.9 Å². The molecule has 2 unspecified atom stereocenters. The lowest BCUT2D eigenvalue weighted by Crippen LogP contribution is -2.39. The Kier molecular flexibility index (Phi) is 8.46. The van der Waals surface area contributed by atoms with E-state index in [1.165, 1.54) is 0 Å². The van der Waals surface area contributed by atoms with Crippen molar-refractivity contribution in [3.05, 3.63) is 0 Å². The number of carbonyl (C=O) groups excluding carboxylic acids is 2. The third kappa shape index (κ3) is 8.91. The van der Waals surface area contributed by atoms with E-state index in [4.69, 9.17) is 5.73 Å². The molecule has 2 amide bonds. The highest BCUT2D eigenvalue weighted by Gasteiger charge is 2.23. The Morgan fingerprint density at radius 1 is 1.25 bits per heavy atom. The van der Waals surface area contributed by atoms with Crippen LogP contribution >= 0.6 is 0 Å². The highest BCUT2D eigenvalue weighted by atomic mass is 16.2. The van der Waals surface area contributed by atoms with E-state index in [-0.39, 0.29) is 29.2 Å². The van der Waals surface area contributed by atoms with Gasteiger partial charge in [-0.1, -0.05) is 27.7 Å². The zero-order chi connectivity index (χ0) is 15.8. The zero-order valence-electron chi connectivity index (χ0n) is 13.6. The van der Waals surface area contributed by atoms with Crippen molar-refractivity contribution in [3.63, 3.8) is 0 Å². The van der Waals surface area contributed by atoms with Gasteiger partial charge in [0, 0.05) is 25.6 Å². The number of nitrogens with one attached hydrogen (secondary N) is 2. The van der Waals surface area contributed by atoms with Gasteiger partial charge in [-0.2, -0.15) is 0 Å². The second kappa shape index (κ2) is 8.95. The first-order valence-corrected chi connectivity index (χ1v) is 7.46. The summed E-state index contributed by atoms with van der Waals surface area (Å²) in [5.74, 6) is -0.272. The third-order valence-corrected chi connectivity index (χ3v) is 3.19. The van der Waals surface area contributed by atoms with Gasteiger partial charge in [0.2, 0.25) is 11.8 Å². The molecular weight excluding hydrogens is 254 g/mol. The minimum absolute atomic E-state index is 0.0280. The van der Waals surface area contributed by atoms with Gasteiger partial charge in [0.25, 0.3) is 0 Å². The van der Waals surface area contributed by atoms with Gasteiger partial charge in [-0.15, -0.1) is 0 Å². The van der Waals surface area contributed by atoms with Crippen LogP contribution in [0.25, 0.3) is 0 Å². The Bertz CT molecular complexity index is 311. The van der Waals surface area contributed by atoms with Crippen LogP contribution in [-0.2, 0) is 9.59 Å². The van der Waals surface area contributed by atoms with Gasteiger partial charge in [0.1, 0.15) is 0 Å². The highest BCUT2D eigenvalue weighted by Crippen LogP contribution is 2.23. The molecule has 118 valence electrons. The molecule has 0 aromatic carbocycles. The summed E-state index contributed by atoms with van der Waals surface area (Å²) < 4.78 is 0. The molecule has 20 heavy (non-hydrogen) atoms. The van der Waals surface area contributed by atoms with Crippen LogP contribution in [0.3, 0.4) is 0 Å². The van der Waals surface area contributed by atoms with Crippen LogP contribution in [-0.4, -0.2) is 30.9 Å². The van der Waals surface area contributed by atoms with E-state index >= 15 is 0 Å². The average Bonchev–Trinajstić information content (AvgIpc) is 2.34. The molecule has 4 N–H and O–H groups in total. The van der Waals surface area contributed by atoms with Crippen molar-refractivity contribution in [3.8, 4) is 0 Å². The van der Waals surface area contributed by atoms with E-state index < -0.39 is 0 Å². The lowest BCUT2D eigenvalue weighted by molar-refractivity contribution is -0.126. The second-order valence-electron chi connectivity index (χ2n) is 6.62. The molecule has 5 nitrogen and oxygen atoms in total. The summed E-state index contributed by atoms with van der Waals surface area (Å²) in [5.41, 5.74) is 5.72. The van der Waals surface area contributed by atoms with Gasteiger partial charge in [0.15, 0.2) is 0 Å². The molecule has 0 bridgehead atoms. The van der Waals surface area contributed by atoms with Gasteiger partial charge in [-0.25, -0.2) is 0 Å². The Balaban J connectivity index is 4.05. The van der Waals surface area contributed by atoms with E-state index in [9.17, 15) is 9.59 Å². The summed E-state index contributed by atoms with van der Waals surface area (Å²) in [6, 6.07) is 0.177. The zero-order valence-corrected chi connectivity index (χ0v) is 13.6. The van der Waals surface area contributed by atoms with E-state index in [0.29, 0.717) is 19.5 Å². The highest BCUT2D eigenvalue weighted by molar-refractivity contribution is 5.80. The van der Waals surface area contributed by atoms with Crippen molar-refractivity contribution in [2.24, 2.45) is 17.1 Å². The molecule has 0 saturated heterocycles. The topological polar surface area (TPSA) is 84.2 Å². The molecule has 0 aliphatic rings. The Morgan fingerprint density at radius 3 is 2.30 bits per heavy atom. The molecule has 0 radical (unpaired) electrons. The van der Waals surface area contributed by atoms with Gasteiger partial charge in [0.05, 0.1) is 5.92 Å². The first kappa shape index (κ1) is 18.9. The Hall–Kier alpha value is -1.10. The Morgan fingerprint density at radius 2 is 1.85 bits per heavy atom. The van der Waals surface area contributed by atoms with E-state index in [2.05, 4.69) is 31.4 Å². The fourth-order valence-corrected chi connectivity index (χ4v) is 1.91. The number of rotatable bonds is 8. The van der Waals surface area contributed by atoms with Gasteiger partial charge >= 0.3 is 0 Å². The largest absolute Gasteiger partial charge is 0.355 e. The fourth-order valence-electron chi connectivity index (χ4n) is 1.91. The minimum Gasteiger partial charge on any atom is -0.355 e. The van der Waals surface area contributed by atoms with Crippen LogP contribution in [0, 0.1) is 11.3 Å². The maximum atomic E-state index is 12.0. The molecule has 5 heteroatoms. The number of amides is 2. The summed E-state index contributed by atoms with van der Waals surface area (Å²) in [6.45, 7) is 10.9. The summed E-state index contributed by atoms with van der Waals surface area (Å²) in [6.07, 6.45) is 1.95. The van der Waals surface area contributed by atoms with Crippen LogP contribution in [0.5, 0.6) is 0 Å². The maximum absolute atomic E-state index is 12.0. The molecule has 0 aliphatic carbocycles. The molecule has 0 aromatic heterocycles. The number of nitrogens with two attached hydrogens (primary N) is 1. The average molecular weight is 285 g/mol. The monoisotopic (exact) mass is 285 g/mol. The molecule has 0 fully saturated rings. The number of hydrogen-bond donors (Lipinski definition) is 3. The lowest BCUT2D eigenvalue weighted by Gasteiger charge is -2.24. The van der Waals surface area contributed by atoms with Crippen molar-refractivity contribution in [2.45, 2.75) is 59.9 Å². The van der Waals surface area contributed by atoms with Gasteiger partial charge in [-0.05, 0) is 25.2 Å². The van der Waals surface area contributed by atoms with E-state index in [1.54, 1.807) is 0 Å². The van der Waals surface area contributed by atoms with Gasteiger partial charge in [-0.3, -0.25) is 9.59 Å². The van der Waals surface area contributed by atoms with Crippen LogP contribution in [0.15, 0.2) is 0 Å². The first-order valence-electron chi connectivity index (χ1n) is 7.46. The summed E-state index contributed by atoms with van der Waals surface area (Å²) in [5, 5.41) is 5.67. The second-order valence-corrected chi connectivity index (χ2v) is 6.62. The van der Waals surface area contributed by atoms with Crippen molar-refractivity contribution in [1.82, 2.24) is 10.6 Å². The molecule has 0 saturated carbocycles. The summed E-state index contributed by atoms with van der Waals surface area (Å²) in [4.78, 5) is 23.6. The number of hydrogen-bond acceptors (Lipinski definition) is 3. The predicted molar refractivity (Wildman–Crippen MR) is 82.1 cm³/mol. The third-order valence-electron chi connectivity index (χ3n) is 3.19. The van der Waals surface area contributed by atoms with Crippen LogP contribution < -0.4 is 16.4 Å². The smallest absolute Gasteiger partial charge is 0.224 e. The van der Waals surface area contributed by atoms with Crippen molar-refractivity contribution < 1.29 is 9.59 Å². The van der Waals surface area contributed by atoms with Crippen molar-refractivity contribution in [1.29, 1.82) is 0 Å². The lowest BCUT2D eigenvalue weighted by atomic mass is 9.84. The maximum Gasteiger partial charge on any atom is 0.224 e. The molecule has 0 aliphatic heterocycles. The quantitative estimate of drug-likeness (QED) is 0.630. The molecular formula is C15H31N3O2. The Labute approximate surface area is 123 Å². The van der Waals surface area contributed by atoms with E-state index in [1.807, 2.05) is 13.8 Å². The molecule has 0 spiro atoms. The van der Waals surface area contributed by atoms with Crippen molar-refractivity contribution in [2.75, 3.05) is 13.1 Å². The van der Waals surface area contributed by atoms with E-state index in [0.717, 1.165) is 12.8 Å². The fraction of sp³-hybridized carbons (Fsp3) is 0.867. The molecule has 0 aromatic rings. The summed E-state index contributed by atoms with van der Waals surface area (Å²) >= 11 is 0. The predicted octanol–water partition coefficient (Wildman–Crippen LogP) is 1.42. The molecule has 0 rings (SSSR count). The normalized spacial score (nSPS) is 14.5. The van der Waals surface area contributed by atoms with Gasteiger partial charge < -0.3 is 16.4 Å². The first-order chi connectivity index (χ1) is 9.19. The molecule has 0 heterocycles. The minimum atomic E-state index is -0.187.